The number of aliphatic hydroxyl groups is 16. The van der Waals surface area contributed by atoms with Gasteiger partial charge in [0.25, 0.3) is 0 Å². The largest absolute Gasteiger partial charge is 0.481 e. The van der Waals surface area contributed by atoms with Crippen molar-refractivity contribution in [2.45, 2.75) is 323 Å². The normalized spacial score (nSPS) is 31.7. The minimum Gasteiger partial charge on any atom is -0.481 e. The van der Waals surface area contributed by atoms with E-state index in [2.05, 4.69) is 20.8 Å². The van der Waals surface area contributed by atoms with Crippen molar-refractivity contribution in [2.75, 3.05) is 39.6 Å². The Hall–Kier alpha value is -2.47. The van der Waals surface area contributed by atoms with E-state index in [9.17, 15) is 75.7 Å². The summed E-state index contributed by atoms with van der Waals surface area (Å²) in [4.78, 5) is 30.6. The third kappa shape index (κ3) is 32.4. The Kier molecular flexibility index (Phi) is 48.7. The summed E-state index contributed by atoms with van der Waals surface area (Å²) in [6, 6.07) is 0. The van der Waals surface area contributed by atoms with Gasteiger partial charge < -0.3 is 125 Å². The van der Waals surface area contributed by atoms with Crippen molar-refractivity contribution in [1.82, 2.24) is 0 Å². The standard InChI is InChI=1S/2C12H22O11.3C12H24O2/c2*13-1-4-6(16)8(18)9(19)11(21-4)23-12(3-15)10(20)7(17)5(2-14)22-12;3*1-2-3-4-5-6-7-8-9-10-11-12(13)14/h2*4-11,13-20H,1-3H2;3*2-11H2,1H3,(H,13,14)/t2*4-,5-,6-,7-,8+,9-,10+,11-,12+;;;/m11.../s1. The van der Waals surface area contributed by atoms with E-state index >= 15 is 0 Å². The smallest absolute Gasteiger partial charge is 0.303 e. The molecule has 0 aromatic carbocycles. The molecule has 0 unspecified atom stereocenters. The predicted octanol–water partition coefficient (Wildman–Crippen LogP) is 1.18. The van der Waals surface area contributed by atoms with E-state index in [1.165, 1.54) is 135 Å². The molecule has 4 fully saturated rings. The number of carboxylic acid groups (broad SMARTS) is 3. The highest BCUT2D eigenvalue weighted by molar-refractivity contribution is 5.67. The van der Waals surface area contributed by atoms with E-state index in [-0.39, 0.29) is 0 Å². The lowest BCUT2D eigenvalue weighted by molar-refractivity contribution is -0.383. The molecule has 0 saturated carbocycles. The second kappa shape index (κ2) is 50.1. The highest BCUT2D eigenvalue weighted by atomic mass is 16.8. The highest BCUT2D eigenvalue weighted by Gasteiger charge is 2.60. The van der Waals surface area contributed by atoms with E-state index in [1.807, 2.05) is 0 Å². The second-order valence-corrected chi connectivity index (χ2v) is 23.0. The Bertz CT molecular complexity index is 1570. The first kappa shape index (κ1) is 85.5. The summed E-state index contributed by atoms with van der Waals surface area (Å²) < 4.78 is 30.9. The average molecular weight is 1290 g/mol. The molecule has 4 rings (SSSR count). The number of aliphatic carboxylic acids is 3. The van der Waals surface area contributed by atoms with E-state index in [4.69, 9.17) is 64.2 Å². The number of aliphatic hydroxyl groups excluding tert-OH is 16. The van der Waals surface area contributed by atoms with Crippen molar-refractivity contribution in [3.8, 4) is 0 Å². The molecule has 0 aromatic rings. The van der Waals surface area contributed by atoms with Crippen LogP contribution in [0.25, 0.3) is 0 Å². The summed E-state index contributed by atoms with van der Waals surface area (Å²) in [5.74, 6) is -6.42. The Morgan fingerprint density at radius 2 is 0.545 bits per heavy atom. The summed E-state index contributed by atoms with van der Waals surface area (Å²) >= 11 is 0. The van der Waals surface area contributed by atoms with Gasteiger partial charge in [0.1, 0.15) is 98.7 Å². The Morgan fingerprint density at radius 1 is 0.318 bits per heavy atom. The predicted molar refractivity (Wildman–Crippen MR) is 316 cm³/mol. The minimum absolute atomic E-state index is 0.343. The molecule has 0 aliphatic carbocycles. The first-order valence-corrected chi connectivity index (χ1v) is 32.1. The fourth-order valence-corrected chi connectivity index (χ4v) is 10.0. The van der Waals surface area contributed by atoms with Gasteiger partial charge in [0.2, 0.25) is 11.6 Å². The summed E-state index contributed by atoms with van der Waals surface area (Å²) in [7, 11) is 0. The maximum Gasteiger partial charge on any atom is 0.303 e. The number of rotatable bonds is 40. The van der Waals surface area contributed by atoms with Gasteiger partial charge in [-0.2, -0.15) is 0 Å². The fourth-order valence-electron chi connectivity index (χ4n) is 10.0. The molecule has 524 valence electrons. The minimum atomic E-state index is -2.22. The molecule has 4 saturated heterocycles. The Labute approximate surface area is 519 Å². The van der Waals surface area contributed by atoms with Crippen LogP contribution in [0.4, 0.5) is 0 Å². The molecular formula is C60H116O28. The molecule has 0 bridgehead atoms. The van der Waals surface area contributed by atoms with Crippen LogP contribution in [-0.2, 0) is 42.8 Å². The van der Waals surface area contributed by atoms with Crippen LogP contribution in [0.15, 0.2) is 0 Å². The van der Waals surface area contributed by atoms with Gasteiger partial charge >= 0.3 is 17.9 Å². The van der Waals surface area contributed by atoms with Crippen molar-refractivity contribution in [3.63, 3.8) is 0 Å². The molecular weight excluding hydrogens is 1170 g/mol. The third-order valence-electron chi connectivity index (χ3n) is 15.6. The number of carboxylic acids is 3. The van der Waals surface area contributed by atoms with E-state index in [1.54, 1.807) is 0 Å². The summed E-state index contributed by atoms with van der Waals surface area (Å²) in [6.45, 7) is 2.04. The van der Waals surface area contributed by atoms with Crippen LogP contribution in [0.5, 0.6) is 0 Å². The van der Waals surface area contributed by atoms with Crippen LogP contribution >= 0.6 is 0 Å². The zero-order valence-corrected chi connectivity index (χ0v) is 52.4. The molecule has 4 aliphatic heterocycles. The maximum atomic E-state index is 10.2. The summed E-state index contributed by atoms with van der Waals surface area (Å²) in [5.41, 5.74) is 0. The molecule has 4 aliphatic rings. The van der Waals surface area contributed by atoms with Crippen LogP contribution in [-0.4, -0.2) is 264 Å². The van der Waals surface area contributed by atoms with Crippen molar-refractivity contribution in [2.24, 2.45) is 0 Å². The maximum absolute atomic E-state index is 10.2. The number of unbranched alkanes of at least 4 members (excludes halogenated alkanes) is 24. The van der Waals surface area contributed by atoms with Gasteiger partial charge in [-0.25, -0.2) is 0 Å². The van der Waals surface area contributed by atoms with Crippen LogP contribution in [0.1, 0.15) is 213 Å². The Balaban J connectivity index is 0.00000110. The molecule has 0 amide bonds. The second-order valence-electron chi connectivity index (χ2n) is 23.0. The lowest BCUT2D eigenvalue weighted by atomic mass is 9.99. The van der Waals surface area contributed by atoms with Crippen molar-refractivity contribution >= 4 is 17.9 Å². The zero-order valence-electron chi connectivity index (χ0n) is 52.4. The lowest BCUT2D eigenvalue weighted by Gasteiger charge is -2.43. The number of hydrogen-bond acceptors (Lipinski definition) is 25. The topological polar surface area (TPSA) is 491 Å². The molecule has 0 radical (unpaired) electrons. The zero-order chi connectivity index (χ0) is 66.7. The van der Waals surface area contributed by atoms with E-state index in [0.29, 0.717) is 19.3 Å². The van der Waals surface area contributed by atoms with E-state index < -0.39 is 167 Å². The van der Waals surface area contributed by atoms with Crippen molar-refractivity contribution in [1.29, 1.82) is 0 Å². The molecule has 0 aromatic heterocycles. The number of carbonyl (C=O) groups is 3. The average Bonchev–Trinajstić information content (AvgIpc) is 2.10. The number of hydrogen-bond donors (Lipinski definition) is 19. The quantitative estimate of drug-likeness (QED) is 0.0383. The molecule has 88 heavy (non-hydrogen) atoms. The lowest BCUT2D eigenvalue weighted by Crippen LogP contribution is -2.62. The van der Waals surface area contributed by atoms with Crippen LogP contribution in [0.2, 0.25) is 0 Å². The van der Waals surface area contributed by atoms with Crippen LogP contribution in [0, 0.1) is 0 Å². The highest BCUT2D eigenvalue weighted by Crippen LogP contribution is 2.38. The van der Waals surface area contributed by atoms with Gasteiger partial charge in [0, 0.05) is 19.3 Å². The van der Waals surface area contributed by atoms with Crippen LogP contribution < -0.4 is 0 Å². The van der Waals surface area contributed by atoms with Gasteiger partial charge in [-0.1, -0.05) is 175 Å². The molecule has 4 heterocycles. The molecule has 28 heteroatoms. The van der Waals surface area contributed by atoms with Crippen molar-refractivity contribution in [3.05, 3.63) is 0 Å². The van der Waals surface area contributed by atoms with Crippen LogP contribution in [0.3, 0.4) is 0 Å². The molecule has 19 N–H and O–H groups in total. The van der Waals surface area contributed by atoms with Gasteiger partial charge in [-0.3, -0.25) is 14.4 Å². The monoisotopic (exact) mass is 1280 g/mol. The molecule has 18 atom stereocenters. The third-order valence-corrected chi connectivity index (χ3v) is 15.6. The fraction of sp³-hybridized carbons (Fsp3) is 0.950. The first-order chi connectivity index (χ1) is 41.9. The Morgan fingerprint density at radius 3 is 0.739 bits per heavy atom. The van der Waals surface area contributed by atoms with Gasteiger partial charge in [0.15, 0.2) is 12.6 Å². The molecule has 28 nitrogen and oxygen atoms in total. The van der Waals surface area contributed by atoms with Gasteiger partial charge in [-0.15, -0.1) is 0 Å². The van der Waals surface area contributed by atoms with E-state index in [0.717, 1.165) is 38.5 Å². The number of ether oxygens (including phenoxy) is 6. The summed E-state index contributed by atoms with van der Waals surface area (Å²) in [6.07, 6.45) is 9.13. The molecule has 0 spiro atoms. The van der Waals surface area contributed by atoms with Gasteiger partial charge in [-0.05, 0) is 19.3 Å². The van der Waals surface area contributed by atoms with Crippen molar-refractivity contribution < 1.29 is 140 Å². The van der Waals surface area contributed by atoms with Gasteiger partial charge in [0.05, 0.1) is 26.4 Å². The first-order valence-electron chi connectivity index (χ1n) is 32.1. The SMILES string of the molecule is CCCCCCCCCCCC(=O)O.CCCCCCCCCCCC(=O)O.CCCCCCCCCCCC(=O)O.OC[C@H]1O[C@@](CO)(O[C@H]2O[C@H](CO)[C@@H](O)[C@H](O)[C@H]2O)[C@@H](O)[C@@H]1O.OC[C@H]1O[C@@](CO)(O[C@H]2O[C@H](CO)[C@@H](O)[C@H](O)[C@H]2O)[C@@H](O)[C@@H]1O. The summed E-state index contributed by atoms with van der Waals surface area (Å²) in [5, 5.41) is 179.